The normalized spacial score (nSPS) is 13.0. The molecule has 146 valence electrons. The monoisotopic (exact) mass is 417 g/mol. The minimum atomic E-state index is 0. The summed E-state index contributed by atoms with van der Waals surface area (Å²) in [7, 11) is 0. The second kappa shape index (κ2) is 8.20. The van der Waals surface area contributed by atoms with Crippen LogP contribution in [0.25, 0.3) is 22.4 Å². The Morgan fingerprint density at radius 1 is 1.11 bits per heavy atom. The molecule has 28 heavy (non-hydrogen) atoms. The molecule has 1 aliphatic rings. The summed E-state index contributed by atoms with van der Waals surface area (Å²) in [6, 6.07) is 10.1. The smallest absolute Gasteiger partial charge is 0.191 e. The van der Waals surface area contributed by atoms with Crippen LogP contribution in [0.3, 0.4) is 0 Å². The van der Waals surface area contributed by atoms with Gasteiger partial charge in [0.25, 0.3) is 0 Å². The molecule has 0 aliphatic heterocycles. The average molecular weight is 418 g/mol. The Balaban J connectivity index is 0.00000112. The number of benzene rings is 1. The second-order valence-corrected chi connectivity index (χ2v) is 6.84. The summed E-state index contributed by atoms with van der Waals surface area (Å²) in [5.41, 5.74) is 3.66. The van der Waals surface area contributed by atoms with Gasteiger partial charge in [0.1, 0.15) is 11.2 Å². The zero-order valence-corrected chi connectivity index (χ0v) is 17.0. The molecule has 0 spiro atoms. The molecule has 0 amide bonds. The zero-order valence-electron chi connectivity index (χ0n) is 15.3. The van der Waals surface area contributed by atoms with E-state index < -0.39 is 0 Å². The van der Waals surface area contributed by atoms with Gasteiger partial charge in [0, 0.05) is 25.1 Å². The van der Waals surface area contributed by atoms with E-state index in [4.69, 9.17) is 9.52 Å². The Kier molecular flexibility index (Phi) is 5.91. The van der Waals surface area contributed by atoms with E-state index in [-0.39, 0.29) is 24.8 Å². The van der Waals surface area contributed by atoms with Crippen molar-refractivity contribution in [3.05, 3.63) is 54.8 Å². The van der Waals surface area contributed by atoms with Crippen LogP contribution < -0.4 is 5.32 Å². The van der Waals surface area contributed by atoms with E-state index in [0.29, 0.717) is 11.7 Å². The lowest BCUT2D eigenvalue weighted by molar-refractivity contribution is 0.532. The summed E-state index contributed by atoms with van der Waals surface area (Å²) in [5.74, 6) is 2.12. The molecule has 0 radical (unpaired) electrons. The van der Waals surface area contributed by atoms with Gasteiger partial charge < -0.3 is 9.73 Å². The minimum absolute atomic E-state index is 0. The highest BCUT2D eigenvalue weighted by Crippen LogP contribution is 2.32. The van der Waals surface area contributed by atoms with Crippen molar-refractivity contribution in [1.82, 2.24) is 19.7 Å². The molecule has 6 nitrogen and oxygen atoms in total. The molecule has 1 aromatic carbocycles. The Morgan fingerprint density at radius 3 is 2.64 bits per heavy atom. The number of halogens is 2. The van der Waals surface area contributed by atoms with Crippen molar-refractivity contribution in [2.75, 3.05) is 5.32 Å². The van der Waals surface area contributed by atoms with Crippen LogP contribution in [0.1, 0.15) is 18.7 Å². The fourth-order valence-electron chi connectivity index (χ4n) is 3.10. The highest BCUT2D eigenvalue weighted by molar-refractivity contribution is 5.91. The largest absolute Gasteiger partial charge is 0.439 e. The number of pyridine rings is 1. The van der Waals surface area contributed by atoms with Crippen LogP contribution in [0.2, 0.25) is 0 Å². The third-order valence-corrected chi connectivity index (χ3v) is 4.64. The zero-order chi connectivity index (χ0) is 17.5. The average Bonchev–Trinajstić information content (AvgIpc) is 3.18. The highest BCUT2D eigenvalue weighted by atomic mass is 35.5. The number of fused-ring (bicyclic) bond motifs is 1. The summed E-state index contributed by atoms with van der Waals surface area (Å²) >= 11 is 0. The second-order valence-electron chi connectivity index (χ2n) is 6.84. The maximum absolute atomic E-state index is 5.52. The number of hydrogen-bond donors (Lipinski definition) is 1. The Hall–Kier alpha value is -2.57. The third kappa shape index (κ3) is 4.13. The highest BCUT2D eigenvalue weighted by Gasteiger charge is 2.22. The van der Waals surface area contributed by atoms with E-state index in [1.165, 1.54) is 12.8 Å². The van der Waals surface area contributed by atoms with Crippen molar-refractivity contribution in [3.8, 4) is 11.5 Å². The number of rotatable bonds is 5. The van der Waals surface area contributed by atoms with Gasteiger partial charge in [-0.25, -0.2) is 4.98 Å². The molecular formula is C20H21Cl2N5O. The standard InChI is InChI=1S/C20H19N5O.2ClH/c1-13-21-10-19(26-13)17-8-7-16(9-22-17)23-18-4-2-3-15-12-25(24-20(15)18)11-14-5-6-14;;/h2-4,7-10,12,14,23H,5-6,11H2,1H3;2*1H. The number of anilines is 2. The van der Waals surface area contributed by atoms with E-state index in [1.807, 2.05) is 31.2 Å². The van der Waals surface area contributed by atoms with Crippen LogP contribution in [0, 0.1) is 12.8 Å². The number of oxazole rings is 1. The molecule has 3 aromatic heterocycles. The fraction of sp³-hybridized carbons (Fsp3) is 0.250. The topological polar surface area (TPSA) is 68.8 Å². The van der Waals surface area contributed by atoms with E-state index in [9.17, 15) is 0 Å². The van der Waals surface area contributed by atoms with Crippen LogP contribution in [0.5, 0.6) is 0 Å². The van der Waals surface area contributed by atoms with Gasteiger partial charge in [0.2, 0.25) is 0 Å². The van der Waals surface area contributed by atoms with Crippen LogP contribution in [0.15, 0.2) is 53.3 Å². The lowest BCUT2D eigenvalue weighted by atomic mass is 10.2. The molecule has 3 heterocycles. The number of aryl methyl sites for hydroxylation is 1. The predicted octanol–water partition coefficient (Wildman–Crippen LogP) is 5.39. The Bertz CT molecular complexity index is 1070. The Morgan fingerprint density at radius 2 is 1.96 bits per heavy atom. The summed E-state index contributed by atoms with van der Waals surface area (Å²) in [6.07, 6.45) is 8.27. The first-order chi connectivity index (χ1) is 12.7. The van der Waals surface area contributed by atoms with Crippen LogP contribution in [-0.2, 0) is 6.54 Å². The van der Waals surface area contributed by atoms with Crippen molar-refractivity contribution < 1.29 is 4.42 Å². The summed E-state index contributed by atoms with van der Waals surface area (Å²) in [4.78, 5) is 8.58. The van der Waals surface area contributed by atoms with Crippen molar-refractivity contribution in [3.63, 3.8) is 0 Å². The molecule has 0 saturated heterocycles. The number of hydrogen-bond acceptors (Lipinski definition) is 5. The van der Waals surface area contributed by atoms with E-state index in [0.717, 1.165) is 40.4 Å². The lowest BCUT2D eigenvalue weighted by Crippen LogP contribution is -2.00. The van der Waals surface area contributed by atoms with Gasteiger partial charge in [-0.05, 0) is 37.0 Å². The van der Waals surface area contributed by atoms with Gasteiger partial charge in [-0.3, -0.25) is 9.67 Å². The quantitative estimate of drug-likeness (QED) is 0.471. The predicted molar refractivity (Wildman–Crippen MR) is 115 cm³/mol. The first kappa shape index (κ1) is 20.2. The molecular weight excluding hydrogens is 397 g/mol. The molecule has 5 rings (SSSR count). The number of aromatic nitrogens is 4. The van der Waals surface area contributed by atoms with Crippen LogP contribution in [0.4, 0.5) is 11.4 Å². The van der Waals surface area contributed by atoms with Crippen LogP contribution >= 0.6 is 24.8 Å². The maximum atomic E-state index is 5.52. The van der Waals surface area contributed by atoms with Crippen molar-refractivity contribution in [1.29, 1.82) is 0 Å². The van der Waals surface area contributed by atoms with Gasteiger partial charge in [-0.15, -0.1) is 24.8 Å². The van der Waals surface area contributed by atoms with Crippen molar-refractivity contribution >= 4 is 47.1 Å². The van der Waals surface area contributed by atoms with Gasteiger partial charge in [-0.1, -0.05) is 12.1 Å². The first-order valence-corrected chi connectivity index (χ1v) is 8.87. The van der Waals surface area contributed by atoms with E-state index >= 15 is 0 Å². The van der Waals surface area contributed by atoms with Gasteiger partial charge in [0.15, 0.2) is 11.7 Å². The van der Waals surface area contributed by atoms with Gasteiger partial charge in [0.05, 0.1) is 23.8 Å². The van der Waals surface area contributed by atoms with Gasteiger partial charge in [-0.2, -0.15) is 5.10 Å². The van der Waals surface area contributed by atoms with E-state index in [1.54, 1.807) is 12.4 Å². The van der Waals surface area contributed by atoms with Gasteiger partial charge >= 0.3 is 0 Å². The first-order valence-electron chi connectivity index (χ1n) is 8.87. The van der Waals surface area contributed by atoms with Crippen molar-refractivity contribution in [2.45, 2.75) is 26.3 Å². The molecule has 0 unspecified atom stereocenters. The van der Waals surface area contributed by atoms with Crippen molar-refractivity contribution in [2.24, 2.45) is 5.92 Å². The summed E-state index contributed by atoms with van der Waals surface area (Å²) in [6.45, 7) is 2.84. The number of nitrogens with zero attached hydrogens (tertiary/aromatic N) is 4. The molecule has 4 aromatic rings. The summed E-state index contributed by atoms with van der Waals surface area (Å²) in [5, 5.41) is 9.35. The fourth-order valence-corrected chi connectivity index (χ4v) is 3.10. The Labute approximate surface area is 175 Å². The SMILES string of the molecule is Cc1ncc(-c2ccc(Nc3cccc4cn(CC5CC5)nc34)cn2)o1.Cl.Cl. The van der Waals surface area contributed by atoms with E-state index in [2.05, 4.69) is 32.2 Å². The maximum Gasteiger partial charge on any atom is 0.191 e. The molecule has 1 N–H and O–H groups in total. The number of nitrogens with one attached hydrogen (secondary N) is 1. The summed E-state index contributed by atoms with van der Waals surface area (Å²) < 4.78 is 7.59. The molecule has 0 atom stereocenters. The minimum Gasteiger partial charge on any atom is -0.439 e. The lowest BCUT2D eigenvalue weighted by Gasteiger charge is -2.07. The molecule has 1 aliphatic carbocycles. The van der Waals surface area contributed by atoms with Crippen LogP contribution in [-0.4, -0.2) is 19.7 Å². The molecule has 1 fully saturated rings. The molecule has 1 saturated carbocycles. The molecule has 0 bridgehead atoms. The third-order valence-electron chi connectivity index (χ3n) is 4.64. The molecule has 8 heteroatoms.